The average Bonchev–Trinajstić information content (AvgIpc) is 2.79. The van der Waals surface area contributed by atoms with Crippen LogP contribution in [0.1, 0.15) is 25.2 Å². The number of H-pyrrole nitrogens is 1. The van der Waals surface area contributed by atoms with Crippen molar-refractivity contribution in [3.05, 3.63) is 5.82 Å². The number of hydrogen-bond acceptors (Lipinski definition) is 6. The molecule has 1 aromatic heterocycles. The van der Waals surface area contributed by atoms with Gasteiger partial charge in [0.15, 0.2) is 5.82 Å². The SMILES string of the molecule is COC(CN)CC(=O)NC(C)c1nn[nH]n1. The molecule has 0 bridgehead atoms. The van der Waals surface area contributed by atoms with Crippen molar-refractivity contribution in [1.82, 2.24) is 25.9 Å². The number of carbonyl (C=O) groups excluding carboxylic acids is 1. The normalized spacial score (nSPS) is 14.4. The Balaban J connectivity index is 2.39. The van der Waals surface area contributed by atoms with Crippen LogP contribution in [0.2, 0.25) is 0 Å². The predicted molar refractivity (Wildman–Crippen MR) is 55.2 cm³/mol. The summed E-state index contributed by atoms with van der Waals surface area (Å²) in [6.07, 6.45) is -0.0488. The fourth-order valence-electron chi connectivity index (χ4n) is 1.19. The largest absolute Gasteiger partial charge is 0.380 e. The van der Waals surface area contributed by atoms with Gasteiger partial charge in [0, 0.05) is 13.7 Å². The highest BCUT2D eigenvalue weighted by molar-refractivity contribution is 5.76. The molecule has 0 aliphatic rings. The molecular formula is C8H16N6O2. The molecule has 8 nitrogen and oxygen atoms in total. The van der Waals surface area contributed by atoms with Crippen LogP contribution in [0.4, 0.5) is 0 Å². The first-order valence-corrected chi connectivity index (χ1v) is 4.93. The van der Waals surface area contributed by atoms with Crippen molar-refractivity contribution < 1.29 is 9.53 Å². The topological polar surface area (TPSA) is 119 Å². The first-order chi connectivity index (χ1) is 7.67. The summed E-state index contributed by atoms with van der Waals surface area (Å²) in [6.45, 7) is 2.08. The van der Waals surface area contributed by atoms with Crippen LogP contribution in [0.5, 0.6) is 0 Å². The Bertz CT molecular complexity index is 310. The highest BCUT2D eigenvalue weighted by Crippen LogP contribution is 2.04. The molecule has 0 saturated carbocycles. The summed E-state index contributed by atoms with van der Waals surface area (Å²) in [6, 6.07) is -0.290. The molecule has 90 valence electrons. The lowest BCUT2D eigenvalue weighted by Gasteiger charge is -2.14. The fraction of sp³-hybridized carbons (Fsp3) is 0.750. The highest BCUT2D eigenvalue weighted by atomic mass is 16.5. The lowest BCUT2D eigenvalue weighted by atomic mass is 10.2. The molecule has 2 unspecified atom stereocenters. The molecule has 0 spiro atoms. The maximum atomic E-state index is 11.5. The number of hydrogen-bond donors (Lipinski definition) is 3. The first kappa shape index (κ1) is 12.5. The minimum Gasteiger partial charge on any atom is -0.380 e. The summed E-state index contributed by atoms with van der Waals surface area (Å²) < 4.78 is 5.01. The van der Waals surface area contributed by atoms with Crippen molar-refractivity contribution in [1.29, 1.82) is 0 Å². The van der Waals surface area contributed by atoms with Crippen LogP contribution in [-0.2, 0) is 9.53 Å². The van der Waals surface area contributed by atoms with Gasteiger partial charge in [0.05, 0.1) is 18.6 Å². The Morgan fingerprint density at radius 3 is 2.94 bits per heavy atom. The number of nitrogens with zero attached hydrogens (tertiary/aromatic N) is 3. The zero-order chi connectivity index (χ0) is 12.0. The number of carbonyl (C=O) groups is 1. The Kier molecular flexibility index (Phi) is 4.80. The molecule has 1 rings (SSSR count). The quantitative estimate of drug-likeness (QED) is 0.559. The second kappa shape index (κ2) is 6.13. The number of ether oxygens (including phenoxy) is 1. The summed E-state index contributed by atoms with van der Waals surface area (Å²) in [7, 11) is 1.52. The van der Waals surface area contributed by atoms with Crippen LogP contribution in [0.25, 0.3) is 0 Å². The Morgan fingerprint density at radius 2 is 2.44 bits per heavy atom. The van der Waals surface area contributed by atoms with E-state index < -0.39 is 0 Å². The molecule has 0 aromatic carbocycles. The van der Waals surface area contributed by atoms with Gasteiger partial charge >= 0.3 is 0 Å². The van der Waals surface area contributed by atoms with Crippen LogP contribution < -0.4 is 11.1 Å². The van der Waals surface area contributed by atoms with Gasteiger partial charge in [-0.15, -0.1) is 10.2 Å². The van der Waals surface area contributed by atoms with Gasteiger partial charge in [-0.3, -0.25) is 4.79 Å². The fourth-order valence-corrected chi connectivity index (χ4v) is 1.19. The Hall–Kier alpha value is -1.54. The molecule has 0 aliphatic heterocycles. The smallest absolute Gasteiger partial charge is 0.223 e. The molecule has 0 saturated heterocycles. The summed E-state index contributed by atoms with van der Waals surface area (Å²) in [5.41, 5.74) is 5.41. The highest BCUT2D eigenvalue weighted by Gasteiger charge is 2.16. The van der Waals surface area contributed by atoms with Gasteiger partial charge in [0.2, 0.25) is 5.91 Å². The third kappa shape index (κ3) is 3.55. The molecule has 4 N–H and O–H groups in total. The predicted octanol–water partition coefficient (Wildman–Crippen LogP) is -1.26. The molecule has 1 heterocycles. The van der Waals surface area contributed by atoms with Crippen molar-refractivity contribution >= 4 is 5.91 Å². The van der Waals surface area contributed by atoms with E-state index in [9.17, 15) is 4.79 Å². The maximum absolute atomic E-state index is 11.5. The number of rotatable bonds is 6. The number of nitrogens with two attached hydrogens (primary N) is 1. The van der Waals surface area contributed by atoms with Gasteiger partial charge in [-0.05, 0) is 6.92 Å². The third-order valence-electron chi connectivity index (χ3n) is 2.14. The summed E-state index contributed by atoms with van der Waals surface area (Å²) in [4.78, 5) is 11.5. The van der Waals surface area contributed by atoms with E-state index >= 15 is 0 Å². The summed E-state index contributed by atoms with van der Waals surface area (Å²) in [5.74, 6) is 0.282. The first-order valence-electron chi connectivity index (χ1n) is 4.93. The number of amides is 1. The van der Waals surface area contributed by atoms with Gasteiger partial charge < -0.3 is 15.8 Å². The molecule has 0 aliphatic carbocycles. The zero-order valence-electron chi connectivity index (χ0n) is 9.30. The number of aromatic amines is 1. The second-order valence-electron chi connectivity index (χ2n) is 3.36. The van der Waals surface area contributed by atoms with Gasteiger partial charge in [-0.25, -0.2) is 0 Å². The third-order valence-corrected chi connectivity index (χ3v) is 2.14. The lowest BCUT2D eigenvalue weighted by Crippen LogP contribution is -2.33. The number of nitrogens with one attached hydrogen (secondary N) is 2. The number of tetrazole rings is 1. The molecule has 0 radical (unpaired) electrons. The van der Waals surface area contributed by atoms with Crippen molar-refractivity contribution in [2.75, 3.05) is 13.7 Å². The minimum atomic E-state index is -0.290. The van der Waals surface area contributed by atoms with Crippen molar-refractivity contribution in [2.24, 2.45) is 5.73 Å². The van der Waals surface area contributed by atoms with Crippen LogP contribution in [0.3, 0.4) is 0 Å². The van der Waals surface area contributed by atoms with E-state index in [0.717, 1.165) is 0 Å². The number of methoxy groups -OCH3 is 1. The van der Waals surface area contributed by atoms with E-state index in [1.54, 1.807) is 6.92 Å². The van der Waals surface area contributed by atoms with E-state index in [0.29, 0.717) is 12.4 Å². The zero-order valence-corrected chi connectivity index (χ0v) is 9.30. The average molecular weight is 228 g/mol. The van der Waals surface area contributed by atoms with Crippen LogP contribution >= 0.6 is 0 Å². The van der Waals surface area contributed by atoms with E-state index in [2.05, 4.69) is 25.9 Å². The van der Waals surface area contributed by atoms with E-state index in [-0.39, 0.29) is 24.5 Å². The van der Waals surface area contributed by atoms with E-state index in [4.69, 9.17) is 10.5 Å². The Morgan fingerprint density at radius 1 is 1.69 bits per heavy atom. The molecule has 0 fully saturated rings. The van der Waals surface area contributed by atoms with Gasteiger partial charge in [-0.2, -0.15) is 5.21 Å². The second-order valence-corrected chi connectivity index (χ2v) is 3.36. The molecule has 16 heavy (non-hydrogen) atoms. The van der Waals surface area contributed by atoms with Gasteiger partial charge in [0.1, 0.15) is 0 Å². The van der Waals surface area contributed by atoms with Gasteiger partial charge in [-0.1, -0.05) is 5.21 Å². The van der Waals surface area contributed by atoms with Crippen LogP contribution in [-0.4, -0.2) is 46.3 Å². The molecule has 8 heteroatoms. The van der Waals surface area contributed by atoms with Gasteiger partial charge in [0.25, 0.3) is 0 Å². The molecule has 1 amide bonds. The molecule has 1 aromatic rings. The van der Waals surface area contributed by atoms with Crippen LogP contribution in [0.15, 0.2) is 0 Å². The monoisotopic (exact) mass is 228 g/mol. The summed E-state index contributed by atoms with van der Waals surface area (Å²) >= 11 is 0. The van der Waals surface area contributed by atoms with E-state index in [1.807, 2.05) is 0 Å². The van der Waals surface area contributed by atoms with Crippen molar-refractivity contribution in [3.8, 4) is 0 Å². The summed E-state index contributed by atoms with van der Waals surface area (Å²) in [5, 5.41) is 16.0. The Labute approximate surface area is 92.9 Å². The van der Waals surface area contributed by atoms with Crippen molar-refractivity contribution in [2.45, 2.75) is 25.5 Å². The minimum absolute atomic E-state index is 0.158. The lowest BCUT2D eigenvalue weighted by molar-refractivity contribution is -0.124. The molecule has 2 atom stereocenters. The molecular weight excluding hydrogens is 212 g/mol. The maximum Gasteiger partial charge on any atom is 0.223 e. The van der Waals surface area contributed by atoms with Crippen LogP contribution in [0, 0.1) is 0 Å². The van der Waals surface area contributed by atoms with Crippen molar-refractivity contribution in [3.63, 3.8) is 0 Å². The standard InChI is InChI=1S/C8H16N6O2/c1-5(8-11-13-14-12-8)10-7(15)3-6(4-9)16-2/h5-6H,3-4,9H2,1-2H3,(H,10,15)(H,11,12,13,14). The van der Waals surface area contributed by atoms with E-state index in [1.165, 1.54) is 7.11 Å². The number of aromatic nitrogens is 4.